The van der Waals surface area contributed by atoms with E-state index in [9.17, 15) is 9.59 Å². The van der Waals surface area contributed by atoms with Crippen LogP contribution in [0.25, 0.3) is 0 Å². The Morgan fingerprint density at radius 3 is 2.36 bits per heavy atom. The van der Waals surface area contributed by atoms with Crippen LogP contribution in [-0.2, 0) is 22.6 Å². The van der Waals surface area contributed by atoms with Gasteiger partial charge in [0.05, 0.1) is 12.2 Å². The van der Waals surface area contributed by atoms with Crippen molar-refractivity contribution in [1.82, 2.24) is 14.8 Å². The standard InChI is InChI=1S/C25H29N5O2S/c1-6-11-30-22(14-23(31)26-20-10-8-16(2)12-19(20)5)28-29-25(30)33-15-24(32)27-21-13-17(3)7-9-18(21)4/h6-10,12-13H,1,11,14-15H2,2-5H3,(H,26,31)(H,27,32). The van der Waals surface area contributed by atoms with Crippen molar-refractivity contribution in [3.63, 3.8) is 0 Å². The molecule has 2 amide bonds. The van der Waals surface area contributed by atoms with E-state index in [-0.39, 0.29) is 24.0 Å². The van der Waals surface area contributed by atoms with E-state index in [1.165, 1.54) is 11.8 Å². The fourth-order valence-corrected chi connectivity index (χ4v) is 4.11. The minimum absolute atomic E-state index is 0.0728. The van der Waals surface area contributed by atoms with E-state index in [1.807, 2.05) is 68.7 Å². The number of nitrogens with one attached hydrogen (secondary N) is 2. The number of aromatic nitrogens is 3. The van der Waals surface area contributed by atoms with Gasteiger partial charge in [-0.3, -0.25) is 9.59 Å². The molecule has 33 heavy (non-hydrogen) atoms. The van der Waals surface area contributed by atoms with Gasteiger partial charge >= 0.3 is 0 Å². The molecule has 2 N–H and O–H groups in total. The van der Waals surface area contributed by atoms with Crippen LogP contribution in [0.4, 0.5) is 11.4 Å². The van der Waals surface area contributed by atoms with E-state index in [1.54, 1.807) is 6.08 Å². The molecule has 0 unspecified atom stereocenters. The SMILES string of the molecule is C=CCn1c(CC(=O)Nc2ccc(C)cc2C)nnc1SCC(=O)Nc1cc(C)ccc1C. The van der Waals surface area contributed by atoms with Crippen molar-refractivity contribution in [3.05, 3.63) is 77.1 Å². The molecule has 0 radical (unpaired) electrons. The third kappa shape index (κ3) is 6.55. The molecule has 0 atom stereocenters. The third-order valence-corrected chi connectivity index (χ3v) is 6.05. The Hall–Kier alpha value is -3.39. The Balaban J connectivity index is 1.64. The summed E-state index contributed by atoms with van der Waals surface area (Å²) < 4.78 is 1.81. The second-order valence-corrected chi connectivity index (χ2v) is 8.94. The molecule has 8 heteroatoms. The Labute approximate surface area is 198 Å². The predicted molar refractivity (Wildman–Crippen MR) is 134 cm³/mol. The molecular weight excluding hydrogens is 434 g/mol. The molecule has 0 aliphatic carbocycles. The molecule has 3 rings (SSSR count). The van der Waals surface area contributed by atoms with Crippen LogP contribution < -0.4 is 10.6 Å². The molecule has 2 aromatic carbocycles. The number of nitrogens with zero attached hydrogens (tertiary/aromatic N) is 3. The highest BCUT2D eigenvalue weighted by atomic mass is 32.2. The maximum atomic E-state index is 12.6. The average molecular weight is 464 g/mol. The van der Waals surface area contributed by atoms with Crippen molar-refractivity contribution in [2.24, 2.45) is 0 Å². The average Bonchev–Trinajstić information content (AvgIpc) is 3.13. The molecule has 1 heterocycles. The van der Waals surface area contributed by atoms with Gasteiger partial charge in [-0.1, -0.05) is 47.7 Å². The first kappa shape index (κ1) is 24.3. The quantitative estimate of drug-likeness (QED) is 0.357. The van der Waals surface area contributed by atoms with E-state index in [4.69, 9.17) is 0 Å². The fraction of sp³-hybridized carbons (Fsp3) is 0.280. The van der Waals surface area contributed by atoms with Crippen LogP contribution in [0.3, 0.4) is 0 Å². The Morgan fingerprint density at radius 1 is 0.939 bits per heavy atom. The molecule has 0 aliphatic rings. The van der Waals surface area contributed by atoms with Gasteiger partial charge in [0.15, 0.2) is 5.16 Å². The maximum Gasteiger partial charge on any atom is 0.234 e. The van der Waals surface area contributed by atoms with Gasteiger partial charge in [-0.05, 0) is 56.5 Å². The van der Waals surface area contributed by atoms with Crippen molar-refractivity contribution in [1.29, 1.82) is 0 Å². The minimum Gasteiger partial charge on any atom is -0.325 e. The summed E-state index contributed by atoms with van der Waals surface area (Å²) in [7, 11) is 0. The number of carbonyl (C=O) groups excluding carboxylic acids is 2. The second kappa shape index (κ2) is 11.0. The number of benzene rings is 2. The van der Waals surface area contributed by atoms with Crippen LogP contribution >= 0.6 is 11.8 Å². The summed E-state index contributed by atoms with van der Waals surface area (Å²) in [6, 6.07) is 11.8. The third-order valence-electron chi connectivity index (χ3n) is 5.08. The summed E-state index contributed by atoms with van der Waals surface area (Å²) in [6.45, 7) is 12.1. The number of aryl methyl sites for hydroxylation is 4. The summed E-state index contributed by atoms with van der Waals surface area (Å²) in [6.07, 6.45) is 1.79. The number of anilines is 2. The first-order valence-corrected chi connectivity index (χ1v) is 11.7. The lowest BCUT2D eigenvalue weighted by Crippen LogP contribution is -2.18. The van der Waals surface area contributed by atoms with Crippen LogP contribution in [0.15, 0.2) is 54.2 Å². The molecule has 3 aromatic rings. The van der Waals surface area contributed by atoms with Gasteiger partial charge in [0, 0.05) is 17.9 Å². The van der Waals surface area contributed by atoms with Crippen molar-refractivity contribution in [2.75, 3.05) is 16.4 Å². The van der Waals surface area contributed by atoms with Crippen LogP contribution in [0.5, 0.6) is 0 Å². The van der Waals surface area contributed by atoms with Gasteiger partial charge in [0.1, 0.15) is 5.82 Å². The van der Waals surface area contributed by atoms with Gasteiger partial charge in [-0.15, -0.1) is 16.8 Å². The minimum atomic E-state index is -0.177. The number of hydrogen-bond donors (Lipinski definition) is 2. The second-order valence-electron chi connectivity index (χ2n) is 8.00. The Bertz CT molecular complexity index is 1190. The fourth-order valence-electron chi connectivity index (χ4n) is 3.35. The molecule has 1 aromatic heterocycles. The number of allylic oxidation sites excluding steroid dienone is 1. The van der Waals surface area contributed by atoms with Crippen LogP contribution in [0.1, 0.15) is 28.1 Å². The van der Waals surface area contributed by atoms with E-state index < -0.39 is 0 Å². The lowest BCUT2D eigenvalue weighted by atomic mass is 10.1. The first-order chi connectivity index (χ1) is 15.8. The number of carbonyl (C=O) groups is 2. The molecule has 0 saturated heterocycles. The summed E-state index contributed by atoms with van der Waals surface area (Å²) in [4.78, 5) is 25.1. The highest BCUT2D eigenvalue weighted by Crippen LogP contribution is 2.21. The zero-order chi connectivity index (χ0) is 24.0. The molecule has 172 valence electrons. The number of hydrogen-bond acceptors (Lipinski definition) is 5. The Morgan fingerprint density at radius 2 is 1.64 bits per heavy atom. The molecule has 0 spiro atoms. The van der Waals surface area contributed by atoms with Crippen molar-refractivity contribution >= 4 is 35.0 Å². The number of thioether (sulfide) groups is 1. The Kier molecular flexibility index (Phi) is 8.06. The van der Waals surface area contributed by atoms with Crippen molar-refractivity contribution in [2.45, 2.75) is 45.8 Å². The summed E-state index contributed by atoms with van der Waals surface area (Å²) >= 11 is 1.28. The van der Waals surface area contributed by atoms with Crippen molar-refractivity contribution < 1.29 is 9.59 Å². The number of rotatable bonds is 9. The topological polar surface area (TPSA) is 88.9 Å². The highest BCUT2D eigenvalue weighted by Gasteiger charge is 2.17. The molecule has 0 aliphatic heterocycles. The van der Waals surface area contributed by atoms with E-state index >= 15 is 0 Å². The summed E-state index contributed by atoms with van der Waals surface area (Å²) in [5.41, 5.74) is 5.81. The van der Waals surface area contributed by atoms with E-state index in [0.717, 1.165) is 33.6 Å². The predicted octanol–water partition coefficient (Wildman–Crippen LogP) is 4.61. The number of amides is 2. The van der Waals surface area contributed by atoms with E-state index in [2.05, 4.69) is 27.4 Å². The molecular formula is C25H29N5O2S. The zero-order valence-corrected chi connectivity index (χ0v) is 20.3. The summed E-state index contributed by atoms with van der Waals surface area (Å²) in [5.74, 6) is 0.395. The largest absolute Gasteiger partial charge is 0.325 e. The zero-order valence-electron chi connectivity index (χ0n) is 19.4. The molecule has 0 fully saturated rings. The van der Waals surface area contributed by atoms with Crippen LogP contribution in [0.2, 0.25) is 0 Å². The van der Waals surface area contributed by atoms with Crippen LogP contribution in [-0.4, -0.2) is 32.3 Å². The molecule has 0 bridgehead atoms. The smallest absolute Gasteiger partial charge is 0.234 e. The van der Waals surface area contributed by atoms with Gasteiger partial charge < -0.3 is 15.2 Å². The maximum absolute atomic E-state index is 12.6. The van der Waals surface area contributed by atoms with Gasteiger partial charge in [0.25, 0.3) is 0 Å². The lowest BCUT2D eigenvalue weighted by molar-refractivity contribution is -0.116. The highest BCUT2D eigenvalue weighted by molar-refractivity contribution is 7.99. The molecule has 0 saturated carbocycles. The molecule has 7 nitrogen and oxygen atoms in total. The van der Waals surface area contributed by atoms with Crippen molar-refractivity contribution in [3.8, 4) is 0 Å². The van der Waals surface area contributed by atoms with Gasteiger partial charge in [-0.25, -0.2) is 0 Å². The normalized spacial score (nSPS) is 10.7. The first-order valence-electron chi connectivity index (χ1n) is 10.7. The van der Waals surface area contributed by atoms with Gasteiger partial charge in [-0.2, -0.15) is 0 Å². The van der Waals surface area contributed by atoms with Crippen LogP contribution in [0, 0.1) is 27.7 Å². The summed E-state index contributed by atoms with van der Waals surface area (Å²) in [5, 5.41) is 14.8. The van der Waals surface area contributed by atoms with E-state index in [0.29, 0.717) is 17.5 Å². The lowest BCUT2D eigenvalue weighted by Gasteiger charge is -2.11. The monoisotopic (exact) mass is 463 g/mol. The van der Waals surface area contributed by atoms with Gasteiger partial charge in [0.2, 0.25) is 11.8 Å².